The lowest BCUT2D eigenvalue weighted by atomic mass is 10.0. The van der Waals surface area contributed by atoms with E-state index in [1.807, 2.05) is 13.8 Å². The molecule has 2 nitrogen and oxygen atoms in total. The fourth-order valence-electron chi connectivity index (χ4n) is 3.95. The number of rotatable bonds is 2. The van der Waals surface area contributed by atoms with Crippen molar-refractivity contribution < 1.29 is 9.53 Å². The summed E-state index contributed by atoms with van der Waals surface area (Å²) in [7, 11) is 0. The predicted molar refractivity (Wildman–Crippen MR) is 52.5 cm³/mol. The molecular formula is C12H18O2. The second-order valence-electron chi connectivity index (χ2n) is 5.50. The Labute approximate surface area is 85.0 Å². The van der Waals surface area contributed by atoms with Crippen LogP contribution in [-0.2, 0) is 9.53 Å². The molecule has 0 aromatic heterocycles. The Hall–Kier alpha value is -0.530. The van der Waals surface area contributed by atoms with Gasteiger partial charge in [0.2, 0.25) is 0 Å². The fraction of sp³-hybridized carbons (Fsp3) is 0.917. The minimum Gasteiger partial charge on any atom is -0.463 e. The zero-order chi connectivity index (χ0) is 9.87. The van der Waals surface area contributed by atoms with Gasteiger partial charge in [0, 0.05) is 0 Å². The van der Waals surface area contributed by atoms with E-state index in [4.69, 9.17) is 4.74 Å². The van der Waals surface area contributed by atoms with Gasteiger partial charge in [0.15, 0.2) is 0 Å². The molecule has 3 aliphatic rings. The van der Waals surface area contributed by atoms with Gasteiger partial charge in [-0.05, 0) is 56.8 Å². The summed E-state index contributed by atoms with van der Waals surface area (Å²) >= 11 is 0. The van der Waals surface area contributed by atoms with E-state index in [0.717, 1.165) is 23.7 Å². The van der Waals surface area contributed by atoms with Gasteiger partial charge in [0.05, 0.1) is 12.0 Å². The van der Waals surface area contributed by atoms with Crippen molar-refractivity contribution in [3.05, 3.63) is 0 Å². The number of esters is 1. The van der Waals surface area contributed by atoms with Crippen molar-refractivity contribution in [1.82, 2.24) is 0 Å². The highest BCUT2D eigenvalue weighted by molar-refractivity contribution is 5.77. The Kier molecular flexibility index (Phi) is 1.71. The molecule has 0 amide bonds. The highest BCUT2D eigenvalue weighted by Crippen LogP contribution is 2.69. The van der Waals surface area contributed by atoms with E-state index in [0.29, 0.717) is 5.92 Å². The molecule has 3 aliphatic carbocycles. The molecule has 0 aromatic carbocycles. The van der Waals surface area contributed by atoms with Crippen molar-refractivity contribution in [1.29, 1.82) is 0 Å². The number of hydrogen-bond donors (Lipinski definition) is 0. The molecule has 0 heterocycles. The van der Waals surface area contributed by atoms with Gasteiger partial charge in [0.1, 0.15) is 0 Å². The summed E-state index contributed by atoms with van der Waals surface area (Å²) < 4.78 is 5.30. The van der Waals surface area contributed by atoms with Crippen LogP contribution in [0.4, 0.5) is 0 Å². The summed E-state index contributed by atoms with van der Waals surface area (Å²) in [6.45, 7) is 3.87. The molecule has 0 aromatic rings. The minimum absolute atomic E-state index is 0.0569. The van der Waals surface area contributed by atoms with E-state index in [-0.39, 0.29) is 12.1 Å². The van der Waals surface area contributed by atoms with Crippen LogP contribution in [0.1, 0.15) is 33.1 Å². The van der Waals surface area contributed by atoms with Crippen molar-refractivity contribution in [2.24, 2.45) is 29.6 Å². The van der Waals surface area contributed by atoms with Gasteiger partial charge in [-0.2, -0.15) is 0 Å². The quantitative estimate of drug-likeness (QED) is 0.630. The summed E-state index contributed by atoms with van der Waals surface area (Å²) in [5.41, 5.74) is 0. The third-order valence-electron chi connectivity index (χ3n) is 4.36. The van der Waals surface area contributed by atoms with E-state index >= 15 is 0 Å². The van der Waals surface area contributed by atoms with Crippen molar-refractivity contribution in [2.45, 2.75) is 39.2 Å². The smallest absolute Gasteiger partial charge is 0.309 e. The maximum atomic E-state index is 11.7. The Bertz CT molecular complexity index is 255. The molecule has 78 valence electrons. The summed E-state index contributed by atoms with van der Waals surface area (Å²) in [5, 5.41) is 0. The van der Waals surface area contributed by atoms with Gasteiger partial charge < -0.3 is 4.74 Å². The largest absolute Gasteiger partial charge is 0.463 e. The topological polar surface area (TPSA) is 26.3 Å². The second-order valence-corrected chi connectivity index (χ2v) is 5.50. The van der Waals surface area contributed by atoms with Gasteiger partial charge in [0.25, 0.3) is 0 Å². The number of fused-ring (bicyclic) bond motifs is 5. The Morgan fingerprint density at radius 1 is 1.21 bits per heavy atom. The van der Waals surface area contributed by atoms with Gasteiger partial charge >= 0.3 is 5.97 Å². The molecule has 0 N–H and O–H groups in total. The van der Waals surface area contributed by atoms with Crippen LogP contribution in [0.15, 0.2) is 0 Å². The summed E-state index contributed by atoms with van der Waals surface area (Å²) in [6, 6.07) is 0. The SMILES string of the molecule is CC(C)OC(=O)C1C2C3CCC(C3)C12. The summed E-state index contributed by atoms with van der Waals surface area (Å²) in [4.78, 5) is 11.7. The zero-order valence-electron chi connectivity index (χ0n) is 8.90. The maximum Gasteiger partial charge on any atom is 0.309 e. The monoisotopic (exact) mass is 194 g/mol. The van der Waals surface area contributed by atoms with Crippen LogP contribution in [0.25, 0.3) is 0 Å². The molecule has 0 aliphatic heterocycles. The summed E-state index contributed by atoms with van der Waals surface area (Å²) in [6.07, 6.45) is 4.21. The van der Waals surface area contributed by atoms with E-state index in [9.17, 15) is 4.79 Å². The molecule has 3 saturated carbocycles. The number of carbonyl (C=O) groups is 1. The first-order valence-electron chi connectivity index (χ1n) is 5.89. The van der Waals surface area contributed by atoms with Crippen molar-refractivity contribution in [3.63, 3.8) is 0 Å². The van der Waals surface area contributed by atoms with Crippen molar-refractivity contribution >= 4 is 5.97 Å². The van der Waals surface area contributed by atoms with Crippen LogP contribution in [0.2, 0.25) is 0 Å². The average molecular weight is 194 g/mol. The normalized spacial score (nSPS) is 48.1. The number of ether oxygens (including phenoxy) is 1. The highest BCUT2D eigenvalue weighted by Gasteiger charge is 2.68. The molecule has 2 bridgehead atoms. The third-order valence-corrected chi connectivity index (χ3v) is 4.36. The van der Waals surface area contributed by atoms with Gasteiger partial charge in [-0.1, -0.05) is 0 Å². The van der Waals surface area contributed by atoms with Crippen LogP contribution >= 0.6 is 0 Å². The Morgan fingerprint density at radius 3 is 2.29 bits per heavy atom. The molecule has 0 radical (unpaired) electrons. The number of hydrogen-bond acceptors (Lipinski definition) is 2. The molecule has 3 rings (SSSR count). The van der Waals surface area contributed by atoms with Crippen LogP contribution < -0.4 is 0 Å². The maximum absolute atomic E-state index is 11.7. The molecule has 3 fully saturated rings. The predicted octanol–water partition coefficient (Wildman–Crippen LogP) is 2.23. The average Bonchev–Trinajstić information content (AvgIpc) is 2.56. The standard InChI is InChI=1S/C12H18O2/c1-6(2)14-12(13)11-9-7-3-4-8(5-7)10(9)11/h6-11H,3-5H2,1-2H3. The lowest BCUT2D eigenvalue weighted by Gasteiger charge is -2.11. The van der Waals surface area contributed by atoms with Crippen molar-refractivity contribution in [3.8, 4) is 0 Å². The lowest BCUT2D eigenvalue weighted by Crippen LogP contribution is -2.17. The fourth-order valence-corrected chi connectivity index (χ4v) is 3.95. The van der Waals surface area contributed by atoms with Crippen LogP contribution in [0.3, 0.4) is 0 Å². The first-order valence-corrected chi connectivity index (χ1v) is 5.89. The second kappa shape index (κ2) is 2.74. The van der Waals surface area contributed by atoms with Crippen molar-refractivity contribution in [2.75, 3.05) is 0 Å². The molecule has 0 saturated heterocycles. The van der Waals surface area contributed by atoms with Gasteiger partial charge in [-0.15, -0.1) is 0 Å². The molecule has 2 heteroatoms. The van der Waals surface area contributed by atoms with Gasteiger partial charge in [-0.25, -0.2) is 0 Å². The van der Waals surface area contributed by atoms with Gasteiger partial charge in [-0.3, -0.25) is 4.79 Å². The van der Waals surface area contributed by atoms with E-state index in [1.165, 1.54) is 19.3 Å². The van der Waals surface area contributed by atoms with E-state index in [1.54, 1.807) is 0 Å². The first-order chi connectivity index (χ1) is 6.68. The molecule has 14 heavy (non-hydrogen) atoms. The van der Waals surface area contributed by atoms with Crippen LogP contribution in [-0.4, -0.2) is 12.1 Å². The molecule has 4 unspecified atom stereocenters. The molecule has 4 atom stereocenters. The minimum atomic E-state index is 0.0569. The van der Waals surface area contributed by atoms with E-state index in [2.05, 4.69) is 0 Å². The first kappa shape index (κ1) is 8.75. The zero-order valence-corrected chi connectivity index (χ0v) is 8.90. The number of carbonyl (C=O) groups excluding carboxylic acids is 1. The lowest BCUT2D eigenvalue weighted by molar-refractivity contribution is -0.150. The van der Waals surface area contributed by atoms with Crippen LogP contribution in [0.5, 0.6) is 0 Å². The molecule has 0 spiro atoms. The molecular weight excluding hydrogens is 176 g/mol. The van der Waals surface area contributed by atoms with Crippen LogP contribution in [0, 0.1) is 29.6 Å². The Balaban J connectivity index is 1.65. The third kappa shape index (κ3) is 1.06. The summed E-state index contributed by atoms with van der Waals surface area (Å²) in [5.74, 6) is 3.57. The Morgan fingerprint density at radius 2 is 1.79 bits per heavy atom. The highest BCUT2D eigenvalue weighted by atomic mass is 16.5. The van der Waals surface area contributed by atoms with E-state index < -0.39 is 0 Å².